The normalized spacial score (nSPS) is 8.29. The van der Waals surface area contributed by atoms with Crippen LogP contribution in [0.1, 0.15) is 0 Å². The van der Waals surface area contributed by atoms with Crippen LogP contribution < -0.4 is 0 Å². The van der Waals surface area contributed by atoms with E-state index in [0.717, 1.165) is 0 Å². The molecule has 0 unspecified atom stereocenters. The van der Waals surface area contributed by atoms with Crippen molar-refractivity contribution in [2.75, 3.05) is 0 Å². The molecule has 0 aromatic rings. The van der Waals surface area contributed by atoms with Crippen molar-refractivity contribution in [1.29, 1.82) is 0 Å². The van der Waals surface area contributed by atoms with Gasteiger partial charge in [0.1, 0.15) is 0 Å². The standard InChI is InChI=1S/Bi.H2O4S.V.3H/c;1-5(2,3)4;;;;/h;(H2,1,2,3,4);;;;. The zero-order valence-corrected chi connectivity index (χ0v) is 11.0. The Morgan fingerprint density at radius 1 is 1.14 bits per heavy atom. The molecule has 2 N–H and O–H groups in total. The Morgan fingerprint density at radius 2 is 1.14 bits per heavy atom. The molecule has 7 heteroatoms. The molecule has 4 nitrogen and oxygen atoms in total. The summed E-state index contributed by atoms with van der Waals surface area (Å²) in [7, 11) is -4.67. The van der Waals surface area contributed by atoms with Crippen LogP contribution in [0.25, 0.3) is 0 Å². The quantitative estimate of drug-likeness (QED) is 0.393. The molecule has 0 spiro atoms. The topological polar surface area (TPSA) is 74.6 Å². The first-order valence-corrected chi connectivity index (χ1v) is 2.10. The van der Waals surface area contributed by atoms with E-state index in [0.29, 0.717) is 0 Å². The Bertz CT molecular complexity index is 94.9. The molecule has 0 aliphatic carbocycles. The van der Waals surface area contributed by atoms with Crippen LogP contribution in [0.4, 0.5) is 0 Å². The van der Waals surface area contributed by atoms with Gasteiger partial charge in [-0.15, -0.1) is 0 Å². The minimum Gasteiger partial charge on any atom is 0 e. The maximum absolute atomic E-state index is 8.74. The van der Waals surface area contributed by atoms with Gasteiger partial charge in [0.05, 0.1) is 0 Å². The first kappa shape index (κ1) is 15.8. The summed E-state index contributed by atoms with van der Waals surface area (Å²) in [6.45, 7) is 0. The summed E-state index contributed by atoms with van der Waals surface area (Å²) in [5.41, 5.74) is 0. The second-order valence-corrected chi connectivity index (χ2v) is 1.34. The maximum Gasteiger partial charge on any atom is 0 e. The third-order valence-corrected chi connectivity index (χ3v) is 0. The summed E-state index contributed by atoms with van der Waals surface area (Å²) in [5, 5.41) is 0. The molecule has 0 heterocycles. The molecule has 0 aromatic carbocycles. The van der Waals surface area contributed by atoms with Crippen LogP contribution >= 0.6 is 0 Å². The van der Waals surface area contributed by atoms with Crippen LogP contribution in [-0.4, -0.2) is 43.7 Å². The van der Waals surface area contributed by atoms with Crippen LogP contribution in [0.5, 0.6) is 0 Å². The van der Waals surface area contributed by atoms with E-state index in [-0.39, 0.29) is 44.8 Å². The van der Waals surface area contributed by atoms with E-state index in [1.165, 1.54) is 0 Å². The Kier molecular flexibility index (Phi) is 12.3. The molecule has 0 saturated carbocycles. The van der Waals surface area contributed by atoms with E-state index in [2.05, 4.69) is 0 Å². The van der Waals surface area contributed by atoms with Crippen LogP contribution in [0.15, 0.2) is 0 Å². The van der Waals surface area contributed by atoms with Gasteiger partial charge >= 0.3 is 36.6 Å². The second kappa shape index (κ2) is 5.47. The number of hydrogen-bond donors (Lipinski definition) is 2. The Hall–Kier alpha value is 1.34. The molecule has 0 fully saturated rings. The van der Waals surface area contributed by atoms with Crippen molar-refractivity contribution in [3.05, 3.63) is 0 Å². The smallest absolute Gasteiger partial charge is 0 e. The molecule has 1 radical (unpaired) electrons. The third-order valence-electron chi connectivity index (χ3n) is 0. The molecule has 0 saturated heterocycles. The molecule has 7 heavy (non-hydrogen) atoms. The first-order chi connectivity index (χ1) is 2.00. The molecule has 0 aliphatic heterocycles. The van der Waals surface area contributed by atoms with Gasteiger partial charge in [0, 0.05) is 18.6 Å². The fourth-order valence-corrected chi connectivity index (χ4v) is 0. The van der Waals surface area contributed by atoms with Crippen LogP contribution in [0.2, 0.25) is 0 Å². The Balaban J connectivity index is -0.0000000800. The Morgan fingerprint density at radius 3 is 1.14 bits per heavy atom. The first-order valence-electron chi connectivity index (χ1n) is 0.698. The van der Waals surface area contributed by atoms with Crippen LogP contribution in [0.3, 0.4) is 0 Å². The average Bonchev–Trinajstić information content (AvgIpc) is 0.722. The Labute approximate surface area is 72.3 Å². The van der Waals surface area contributed by atoms with Crippen LogP contribution in [-0.2, 0) is 29.0 Å². The minimum absolute atomic E-state index is 0. The predicted octanol–water partition coefficient (Wildman–Crippen LogP) is -1.84. The predicted molar refractivity (Wildman–Crippen MR) is 24.1 cm³/mol. The molecule has 0 amide bonds. The van der Waals surface area contributed by atoms with E-state index in [1.54, 1.807) is 0 Å². The maximum atomic E-state index is 8.74. The van der Waals surface area contributed by atoms with Gasteiger partial charge in [-0.2, -0.15) is 8.42 Å². The zero-order valence-electron chi connectivity index (χ0n) is 3.27. The van der Waals surface area contributed by atoms with Crippen LogP contribution in [0, 0.1) is 0 Å². The van der Waals surface area contributed by atoms with Gasteiger partial charge in [-0.1, -0.05) is 0 Å². The summed E-state index contributed by atoms with van der Waals surface area (Å²) in [5.74, 6) is 0. The summed E-state index contributed by atoms with van der Waals surface area (Å²) in [6.07, 6.45) is 0. The van der Waals surface area contributed by atoms with E-state index in [9.17, 15) is 0 Å². The van der Waals surface area contributed by atoms with E-state index in [4.69, 9.17) is 17.5 Å². The van der Waals surface area contributed by atoms with Crippen molar-refractivity contribution in [2.45, 2.75) is 0 Å². The third kappa shape index (κ3) is 117. The van der Waals surface area contributed by atoms with E-state index >= 15 is 0 Å². The molecular weight excluding hydrogens is 356 g/mol. The molecule has 45 valence electrons. The fourth-order valence-electron chi connectivity index (χ4n) is 0. The van der Waals surface area contributed by atoms with Crippen molar-refractivity contribution in [1.82, 2.24) is 0 Å². The van der Waals surface area contributed by atoms with Gasteiger partial charge < -0.3 is 0 Å². The SMILES string of the molecule is O=S(=O)(O)O.[BiH3].[V]. The van der Waals surface area contributed by atoms with Gasteiger partial charge in [-0.25, -0.2) is 0 Å². The monoisotopic (exact) mass is 361 g/mol. The minimum atomic E-state index is -4.67. The number of rotatable bonds is 0. The fraction of sp³-hybridized carbons (Fsp3) is 0. The molecule has 0 aromatic heterocycles. The largest absolute Gasteiger partial charge is 0 e. The summed E-state index contributed by atoms with van der Waals surface area (Å²) < 4.78 is 31.6. The van der Waals surface area contributed by atoms with Crippen molar-refractivity contribution in [3.63, 3.8) is 0 Å². The molecule has 0 bridgehead atoms. The van der Waals surface area contributed by atoms with E-state index in [1.807, 2.05) is 0 Å². The summed E-state index contributed by atoms with van der Waals surface area (Å²) >= 11 is 0. The molecular formula is H5BiO4SV. The molecule has 0 aliphatic rings. The van der Waals surface area contributed by atoms with Gasteiger partial charge in [0.25, 0.3) is 0 Å². The summed E-state index contributed by atoms with van der Waals surface area (Å²) in [6, 6.07) is 0. The zero-order chi connectivity index (χ0) is 4.50. The van der Waals surface area contributed by atoms with Gasteiger partial charge in [0.15, 0.2) is 0 Å². The van der Waals surface area contributed by atoms with Crippen molar-refractivity contribution < 1.29 is 36.1 Å². The van der Waals surface area contributed by atoms with Gasteiger partial charge in [-0.3, -0.25) is 9.11 Å². The molecule has 0 atom stereocenters. The molecule has 0 rings (SSSR count). The van der Waals surface area contributed by atoms with Crippen molar-refractivity contribution in [2.24, 2.45) is 0 Å². The van der Waals surface area contributed by atoms with E-state index < -0.39 is 10.4 Å². The van der Waals surface area contributed by atoms with Crippen molar-refractivity contribution in [3.8, 4) is 0 Å². The van der Waals surface area contributed by atoms with Gasteiger partial charge in [0.2, 0.25) is 0 Å². The second-order valence-electron chi connectivity index (χ2n) is 0.448. The number of hydrogen-bond acceptors (Lipinski definition) is 2. The summed E-state index contributed by atoms with van der Waals surface area (Å²) in [4.78, 5) is 0. The van der Waals surface area contributed by atoms with Crippen molar-refractivity contribution >= 4 is 36.6 Å². The van der Waals surface area contributed by atoms with Gasteiger partial charge in [-0.05, 0) is 0 Å². The average molecular weight is 361 g/mol.